The number of pyridine rings is 1. The van der Waals surface area contributed by atoms with Crippen molar-refractivity contribution in [3.8, 4) is 11.3 Å². The maximum atomic E-state index is 13.0. The zero-order chi connectivity index (χ0) is 18.3. The molecule has 134 valence electrons. The number of nitrogens with zero attached hydrogens (tertiary/aromatic N) is 2. The Hall–Kier alpha value is -2.08. The van der Waals surface area contributed by atoms with Gasteiger partial charge in [-0.05, 0) is 18.6 Å². The van der Waals surface area contributed by atoms with Crippen molar-refractivity contribution < 1.29 is 9.53 Å². The summed E-state index contributed by atoms with van der Waals surface area (Å²) in [7, 11) is 0. The summed E-state index contributed by atoms with van der Waals surface area (Å²) in [6.45, 7) is 4.27. The lowest BCUT2D eigenvalue weighted by atomic mass is 10.0. The molecule has 0 saturated carbocycles. The number of fused-ring (bicyclic) bond motifs is 1. The SMILES string of the molecule is Cc1c[nH]c2c(-c3cccc(Cl)c3Cl)ncc(C(=O)N3CCOCC3)c12. The molecular weight excluding hydrogens is 373 g/mol. The molecule has 1 amide bonds. The summed E-state index contributed by atoms with van der Waals surface area (Å²) in [4.78, 5) is 22.6. The zero-order valence-corrected chi connectivity index (χ0v) is 15.7. The van der Waals surface area contributed by atoms with Crippen LogP contribution in [0.5, 0.6) is 0 Å². The van der Waals surface area contributed by atoms with E-state index >= 15 is 0 Å². The van der Waals surface area contributed by atoms with Gasteiger partial charge in [0.15, 0.2) is 0 Å². The molecular formula is C19H17Cl2N3O2. The number of hydrogen-bond donors (Lipinski definition) is 1. The third-order valence-corrected chi connectivity index (χ3v) is 5.46. The van der Waals surface area contributed by atoms with E-state index in [0.29, 0.717) is 47.6 Å². The number of aromatic nitrogens is 2. The van der Waals surface area contributed by atoms with Crippen LogP contribution in [0.3, 0.4) is 0 Å². The van der Waals surface area contributed by atoms with Gasteiger partial charge >= 0.3 is 0 Å². The van der Waals surface area contributed by atoms with E-state index < -0.39 is 0 Å². The van der Waals surface area contributed by atoms with Crippen LogP contribution < -0.4 is 0 Å². The van der Waals surface area contributed by atoms with E-state index in [1.807, 2.05) is 25.3 Å². The van der Waals surface area contributed by atoms with Crippen molar-refractivity contribution in [1.29, 1.82) is 0 Å². The second kappa shape index (κ2) is 6.91. The van der Waals surface area contributed by atoms with Gasteiger partial charge in [-0.3, -0.25) is 9.78 Å². The predicted molar refractivity (Wildman–Crippen MR) is 103 cm³/mol. The first-order valence-corrected chi connectivity index (χ1v) is 9.11. The fraction of sp³-hybridized carbons (Fsp3) is 0.263. The molecule has 0 aliphatic carbocycles. The smallest absolute Gasteiger partial charge is 0.256 e. The van der Waals surface area contributed by atoms with E-state index in [4.69, 9.17) is 27.9 Å². The maximum absolute atomic E-state index is 13.0. The van der Waals surface area contributed by atoms with E-state index in [1.54, 1.807) is 17.2 Å². The molecule has 0 radical (unpaired) electrons. The van der Waals surface area contributed by atoms with Crippen LogP contribution in [0.25, 0.3) is 22.2 Å². The van der Waals surface area contributed by atoms with Gasteiger partial charge in [0.1, 0.15) is 0 Å². The fourth-order valence-electron chi connectivity index (χ4n) is 3.30. The van der Waals surface area contributed by atoms with Crippen LogP contribution in [0.15, 0.2) is 30.6 Å². The number of halogens is 2. The van der Waals surface area contributed by atoms with Crippen LogP contribution in [-0.4, -0.2) is 47.1 Å². The molecule has 0 spiro atoms. The van der Waals surface area contributed by atoms with Gasteiger partial charge in [-0.2, -0.15) is 0 Å². The average Bonchev–Trinajstić information content (AvgIpc) is 3.06. The number of aryl methyl sites for hydroxylation is 1. The van der Waals surface area contributed by atoms with Gasteiger partial charge in [-0.25, -0.2) is 0 Å². The Morgan fingerprint density at radius 3 is 2.81 bits per heavy atom. The second-order valence-electron chi connectivity index (χ2n) is 6.25. The van der Waals surface area contributed by atoms with Crippen LogP contribution in [0.1, 0.15) is 15.9 Å². The van der Waals surface area contributed by atoms with E-state index in [-0.39, 0.29) is 5.91 Å². The van der Waals surface area contributed by atoms with Crippen molar-refractivity contribution >= 4 is 40.0 Å². The predicted octanol–water partition coefficient (Wildman–Crippen LogP) is 4.32. The number of carbonyl (C=O) groups excluding carboxylic acids is 1. The molecule has 0 unspecified atom stereocenters. The lowest BCUT2D eigenvalue weighted by Gasteiger charge is -2.27. The summed E-state index contributed by atoms with van der Waals surface area (Å²) < 4.78 is 5.34. The largest absolute Gasteiger partial charge is 0.378 e. The molecule has 2 aromatic heterocycles. The monoisotopic (exact) mass is 389 g/mol. The zero-order valence-electron chi connectivity index (χ0n) is 14.2. The van der Waals surface area contributed by atoms with Crippen molar-refractivity contribution in [3.05, 3.63) is 51.8 Å². The molecule has 26 heavy (non-hydrogen) atoms. The van der Waals surface area contributed by atoms with Gasteiger partial charge in [0.05, 0.1) is 40.0 Å². The van der Waals surface area contributed by atoms with Gasteiger partial charge in [-0.1, -0.05) is 35.3 Å². The Morgan fingerprint density at radius 2 is 2.04 bits per heavy atom. The minimum absolute atomic E-state index is 0.0303. The molecule has 1 fully saturated rings. The molecule has 3 aromatic rings. The highest BCUT2D eigenvalue weighted by Gasteiger charge is 2.24. The highest BCUT2D eigenvalue weighted by molar-refractivity contribution is 6.43. The molecule has 1 saturated heterocycles. The van der Waals surface area contributed by atoms with Gasteiger partial charge in [-0.15, -0.1) is 0 Å². The third-order valence-electron chi connectivity index (χ3n) is 4.64. The van der Waals surface area contributed by atoms with Crippen molar-refractivity contribution in [3.63, 3.8) is 0 Å². The van der Waals surface area contributed by atoms with Crippen molar-refractivity contribution in [2.75, 3.05) is 26.3 Å². The number of amides is 1. The molecule has 3 heterocycles. The number of aromatic amines is 1. The number of H-pyrrole nitrogens is 1. The molecule has 1 aliphatic heterocycles. The van der Waals surface area contributed by atoms with Crippen LogP contribution in [0, 0.1) is 6.92 Å². The summed E-state index contributed by atoms with van der Waals surface area (Å²) in [6.07, 6.45) is 3.51. The van der Waals surface area contributed by atoms with Crippen LogP contribution >= 0.6 is 23.2 Å². The van der Waals surface area contributed by atoms with E-state index in [2.05, 4.69) is 9.97 Å². The van der Waals surface area contributed by atoms with Crippen molar-refractivity contribution in [1.82, 2.24) is 14.9 Å². The summed E-state index contributed by atoms with van der Waals surface area (Å²) in [5.74, 6) is -0.0303. The Kier molecular flexibility index (Phi) is 4.61. The number of morpholine rings is 1. The average molecular weight is 390 g/mol. The summed E-state index contributed by atoms with van der Waals surface area (Å²) in [5.41, 5.74) is 3.77. The summed E-state index contributed by atoms with van der Waals surface area (Å²) in [6, 6.07) is 5.44. The molecule has 7 heteroatoms. The van der Waals surface area contributed by atoms with Crippen molar-refractivity contribution in [2.24, 2.45) is 0 Å². The molecule has 5 nitrogen and oxygen atoms in total. The molecule has 1 N–H and O–H groups in total. The Labute approximate surface area is 160 Å². The first-order valence-electron chi connectivity index (χ1n) is 8.36. The summed E-state index contributed by atoms with van der Waals surface area (Å²) in [5, 5.41) is 1.78. The van der Waals surface area contributed by atoms with Gasteiger partial charge < -0.3 is 14.6 Å². The number of benzene rings is 1. The molecule has 1 aromatic carbocycles. The van der Waals surface area contributed by atoms with Gasteiger partial charge in [0, 0.05) is 36.4 Å². The lowest BCUT2D eigenvalue weighted by molar-refractivity contribution is 0.0304. The number of nitrogens with one attached hydrogen (secondary N) is 1. The molecule has 1 aliphatic rings. The first-order chi connectivity index (χ1) is 12.6. The number of rotatable bonds is 2. The Morgan fingerprint density at radius 1 is 1.27 bits per heavy atom. The van der Waals surface area contributed by atoms with Crippen LogP contribution in [-0.2, 0) is 4.74 Å². The standard InChI is InChI=1S/C19H17Cl2N3O2/c1-11-9-22-18-15(11)13(19(25)24-5-7-26-8-6-24)10-23-17(18)12-3-2-4-14(20)16(12)21/h2-4,9-10,22H,5-8H2,1H3. The van der Waals surface area contributed by atoms with Gasteiger partial charge in [0.25, 0.3) is 5.91 Å². The molecule has 4 rings (SSSR count). The third kappa shape index (κ3) is 2.86. The fourth-order valence-corrected chi connectivity index (χ4v) is 3.69. The topological polar surface area (TPSA) is 58.2 Å². The van der Waals surface area contributed by atoms with E-state index in [1.165, 1.54) is 0 Å². The lowest BCUT2D eigenvalue weighted by Crippen LogP contribution is -2.40. The highest BCUT2D eigenvalue weighted by atomic mass is 35.5. The molecule has 0 atom stereocenters. The summed E-state index contributed by atoms with van der Waals surface area (Å²) >= 11 is 12.5. The minimum atomic E-state index is -0.0303. The number of carbonyl (C=O) groups is 1. The van der Waals surface area contributed by atoms with Crippen LogP contribution in [0.4, 0.5) is 0 Å². The minimum Gasteiger partial charge on any atom is -0.378 e. The first kappa shape index (κ1) is 17.3. The van der Waals surface area contributed by atoms with Crippen molar-refractivity contribution in [2.45, 2.75) is 6.92 Å². The Bertz CT molecular complexity index is 994. The number of ether oxygens (including phenoxy) is 1. The second-order valence-corrected chi connectivity index (χ2v) is 7.03. The Balaban J connectivity index is 1.87. The van der Waals surface area contributed by atoms with E-state index in [9.17, 15) is 4.79 Å². The quantitative estimate of drug-likeness (QED) is 0.709. The normalized spacial score (nSPS) is 14.8. The highest BCUT2D eigenvalue weighted by Crippen LogP contribution is 2.37. The van der Waals surface area contributed by atoms with Crippen LogP contribution in [0.2, 0.25) is 10.0 Å². The molecule has 0 bridgehead atoms. The maximum Gasteiger partial charge on any atom is 0.256 e. The van der Waals surface area contributed by atoms with Gasteiger partial charge in [0.2, 0.25) is 0 Å². The van der Waals surface area contributed by atoms with E-state index in [0.717, 1.165) is 22.0 Å². The number of hydrogen-bond acceptors (Lipinski definition) is 3.